The van der Waals surface area contributed by atoms with E-state index in [1.54, 1.807) is 37.3 Å². The molecule has 3 aromatic rings. The Kier molecular flexibility index (Phi) is 4.27. The molecule has 4 rings (SSSR count). The van der Waals surface area contributed by atoms with Crippen LogP contribution in [0.1, 0.15) is 23.5 Å². The van der Waals surface area contributed by atoms with E-state index in [0.29, 0.717) is 9.82 Å². The highest BCUT2D eigenvalue weighted by Crippen LogP contribution is 2.50. The van der Waals surface area contributed by atoms with Crippen LogP contribution in [0.25, 0.3) is 10.9 Å². The first kappa shape index (κ1) is 19.5. The molecule has 29 heavy (non-hydrogen) atoms. The van der Waals surface area contributed by atoms with Gasteiger partial charge in [-0.1, -0.05) is 35.9 Å². The minimum atomic E-state index is -4.69. The van der Waals surface area contributed by atoms with Crippen LogP contribution in [-0.2, 0) is 21.9 Å². The van der Waals surface area contributed by atoms with E-state index in [4.69, 9.17) is 0 Å². The monoisotopic (exact) mass is 422 g/mol. The fourth-order valence-corrected chi connectivity index (χ4v) is 5.30. The normalized spacial score (nSPS) is 17.6. The van der Waals surface area contributed by atoms with Crippen LogP contribution < -0.4 is 4.31 Å². The molecular formula is C20H17F3N2O3S. The van der Waals surface area contributed by atoms with Gasteiger partial charge in [-0.05, 0) is 25.1 Å². The Balaban J connectivity index is 2.03. The van der Waals surface area contributed by atoms with Crippen molar-refractivity contribution in [2.24, 2.45) is 7.05 Å². The second-order valence-electron chi connectivity index (χ2n) is 7.09. The number of rotatable bonds is 2. The minimum Gasteiger partial charge on any atom is -0.329 e. The molecule has 0 fully saturated rings. The summed E-state index contributed by atoms with van der Waals surface area (Å²) in [7, 11) is -2.92. The number of alkyl halides is 3. The number of benzene rings is 2. The topological polar surface area (TPSA) is 59.4 Å². The molecule has 2 heterocycles. The summed E-state index contributed by atoms with van der Waals surface area (Å²) in [6, 6.07) is 12.2. The molecule has 1 atom stereocenters. The highest BCUT2D eigenvalue weighted by Gasteiger charge is 2.52. The number of carbonyl (C=O) groups is 1. The van der Waals surface area contributed by atoms with Crippen LogP contribution in [0.5, 0.6) is 0 Å². The number of hydrogen-bond acceptors (Lipinski definition) is 3. The largest absolute Gasteiger partial charge is 0.396 e. The van der Waals surface area contributed by atoms with Gasteiger partial charge < -0.3 is 4.57 Å². The van der Waals surface area contributed by atoms with E-state index in [0.717, 1.165) is 5.56 Å². The predicted molar refractivity (Wildman–Crippen MR) is 102 cm³/mol. The van der Waals surface area contributed by atoms with Gasteiger partial charge in [0.2, 0.25) is 5.91 Å². The SMILES string of the molecule is Cc1ccc(S(=O)(=O)N2C(=O)C[C@H](C(F)(F)F)c3c2n(C)c2ccccc32)cc1. The zero-order valence-electron chi connectivity index (χ0n) is 15.6. The fraction of sp³-hybridized carbons (Fsp3) is 0.250. The van der Waals surface area contributed by atoms with E-state index in [9.17, 15) is 26.4 Å². The molecule has 0 radical (unpaired) electrons. The van der Waals surface area contributed by atoms with E-state index < -0.39 is 34.4 Å². The van der Waals surface area contributed by atoms with Crippen LogP contribution in [0.3, 0.4) is 0 Å². The van der Waals surface area contributed by atoms with Gasteiger partial charge in [-0.25, -0.2) is 8.42 Å². The smallest absolute Gasteiger partial charge is 0.329 e. The van der Waals surface area contributed by atoms with E-state index in [1.165, 1.54) is 29.8 Å². The summed E-state index contributed by atoms with van der Waals surface area (Å²) >= 11 is 0. The lowest BCUT2D eigenvalue weighted by Gasteiger charge is -2.33. The molecule has 0 unspecified atom stereocenters. The van der Waals surface area contributed by atoms with Crippen LogP contribution in [0.4, 0.5) is 19.0 Å². The summed E-state index contributed by atoms with van der Waals surface area (Å²) in [6.07, 6.45) is -5.65. The van der Waals surface area contributed by atoms with Crippen molar-refractivity contribution in [1.29, 1.82) is 0 Å². The van der Waals surface area contributed by atoms with E-state index in [-0.39, 0.29) is 21.7 Å². The zero-order chi connectivity index (χ0) is 21.1. The van der Waals surface area contributed by atoms with Gasteiger partial charge in [-0.15, -0.1) is 0 Å². The van der Waals surface area contributed by atoms with Gasteiger partial charge in [0.15, 0.2) is 0 Å². The van der Waals surface area contributed by atoms with Gasteiger partial charge in [0.25, 0.3) is 10.0 Å². The Bertz CT molecular complexity index is 1230. The number of aryl methyl sites for hydroxylation is 2. The lowest BCUT2D eigenvalue weighted by atomic mass is 9.91. The first-order valence-corrected chi connectivity index (χ1v) is 10.3. The first-order valence-electron chi connectivity index (χ1n) is 8.82. The predicted octanol–water partition coefficient (Wildman–Crippen LogP) is 4.26. The van der Waals surface area contributed by atoms with Crippen LogP contribution >= 0.6 is 0 Å². The van der Waals surface area contributed by atoms with Crippen LogP contribution in [0.2, 0.25) is 0 Å². The van der Waals surface area contributed by atoms with E-state index in [1.807, 2.05) is 0 Å². The molecular weight excluding hydrogens is 405 g/mol. The number of anilines is 1. The average molecular weight is 422 g/mol. The average Bonchev–Trinajstić information content (AvgIpc) is 2.93. The molecule has 1 aliphatic rings. The number of hydrogen-bond donors (Lipinski definition) is 0. The second-order valence-corrected chi connectivity index (χ2v) is 8.87. The number of para-hydroxylation sites is 1. The third-order valence-corrected chi connectivity index (χ3v) is 6.94. The van der Waals surface area contributed by atoms with Gasteiger partial charge in [0.1, 0.15) is 5.82 Å². The number of sulfonamides is 1. The number of amides is 1. The molecule has 0 N–H and O–H groups in total. The Hall–Kier alpha value is -2.81. The number of aromatic nitrogens is 1. The number of nitrogens with zero attached hydrogens (tertiary/aromatic N) is 2. The molecule has 5 nitrogen and oxygen atoms in total. The Morgan fingerprint density at radius 3 is 2.28 bits per heavy atom. The van der Waals surface area contributed by atoms with Gasteiger partial charge in [-0.3, -0.25) is 4.79 Å². The molecule has 0 aliphatic carbocycles. The van der Waals surface area contributed by atoms with Crippen LogP contribution in [0, 0.1) is 6.92 Å². The number of halogens is 3. The summed E-state index contributed by atoms with van der Waals surface area (Å²) < 4.78 is 69.8. The maximum atomic E-state index is 13.8. The van der Waals surface area contributed by atoms with Crippen LogP contribution in [0.15, 0.2) is 53.4 Å². The third-order valence-electron chi connectivity index (χ3n) is 5.21. The Morgan fingerprint density at radius 2 is 1.66 bits per heavy atom. The highest BCUT2D eigenvalue weighted by atomic mass is 32.2. The van der Waals surface area contributed by atoms with Gasteiger partial charge >= 0.3 is 6.18 Å². The molecule has 9 heteroatoms. The van der Waals surface area contributed by atoms with Gasteiger partial charge in [0, 0.05) is 29.9 Å². The summed E-state index contributed by atoms with van der Waals surface area (Å²) in [5, 5.41) is 0.281. The first-order chi connectivity index (χ1) is 13.5. The van der Waals surface area contributed by atoms with Crippen molar-refractivity contribution in [3.63, 3.8) is 0 Å². The standard InChI is InChI=1S/C20H17F3N2O3S/c1-12-7-9-13(10-8-12)29(27,28)25-17(26)11-15(20(21,22)23)18-14-5-3-4-6-16(14)24(2)19(18)25/h3-10,15H,11H2,1-2H3/t15-/m0/s1. The molecule has 0 saturated carbocycles. The molecule has 1 aliphatic heterocycles. The van der Waals surface area contributed by atoms with E-state index >= 15 is 0 Å². The summed E-state index contributed by atoms with van der Waals surface area (Å²) in [5.41, 5.74) is 1.05. The Labute approximate surface area is 165 Å². The van der Waals surface area contributed by atoms with Crippen molar-refractivity contribution >= 4 is 32.7 Å². The minimum absolute atomic E-state index is 0.155. The molecule has 1 amide bonds. The zero-order valence-corrected chi connectivity index (χ0v) is 16.4. The summed E-state index contributed by atoms with van der Waals surface area (Å²) in [6.45, 7) is 1.78. The molecule has 1 aromatic heterocycles. The molecule has 0 bridgehead atoms. The highest BCUT2D eigenvalue weighted by molar-refractivity contribution is 7.93. The van der Waals surface area contributed by atoms with Crippen molar-refractivity contribution in [1.82, 2.24) is 4.57 Å². The third kappa shape index (κ3) is 2.91. The van der Waals surface area contributed by atoms with Crippen molar-refractivity contribution in [3.05, 3.63) is 59.7 Å². The molecule has 0 saturated heterocycles. The Morgan fingerprint density at radius 1 is 1.03 bits per heavy atom. The summed E-state index contributed by atoms with van der Waals surface area (Å²) in [5.74, 6) is -3.43. The number of fused-ring (bicyclic) bond motifs is 3. The maximum absolute atomic E-state index is 13.8. The van der Waals surface area contributed by atoms with Crippen molar-refractivity contribution in [3.8, 4) is 0 Å². The lowest BCUT2D eigenvalue weighted by molar-refractivity contribution is -0.157. The van der Waals surface area contributed by atoms with Crippen LogP contribution in [-0.4, -0.2) is 25.1 Å². The number of carbonyl (C=O) groups excluding carboxylic acids is 1. The summed E-state index contributed by atoms with van der Waals surface area (Å²) in [4.78, 5) is 12.6. The van der Waals surface area contributed by atoms with Crippen molar-refractivity contribution in [2.45, 2.75) is 30.3 Å². The molecule has 0 spiro atoms. The van der Waals surface area contributed by atoms with Gasteiger partial charge in [0.05, 0.1) is 10.8 Å². The second kappa shape index (κ2) is 6.35. The fourth-order valence-electron chi connectivity index (χ4n) is 3.82. The quantitative estimate of drug-likeness (QED) is 0.620. The van der Waals surface area contributed by atoms with E-state index in [2.05, 4.69) is 0 Å². The van der Waals surface area contributed by atoms with Crippen molar-refractivity contribution < 1.29 is 26.4 Å². The molecule has 2 aromatic carbocycles. The van der Waals surface area contributed by atoms with Gasteiger partial charge in [-0.2, -0.15) is 17.5 Å². The molecule has 152 valence electrons. The lowest BCUT2D eigenvalue weighted by Crippen LogP contribution is -2.44. The maximum Gasteiger partial charge on any atom is 0.396 e. The van der Waals surface area contributed by atoms with Crippen molar-refractivity contribution in [2.75, 3.05) is 4.31 Å².